The molecule has 0 saturated heterocycles. The lowest BCUT2D eigenvalue weighted by Gasteiger charge is -2.33. The monoisotopic (exact) mass is 207 g/mol. The molecule has 3 aliphatic carbocycles. The molecule has 0 aliphatic heterocycles. The lowest BCUT2D eigenvalue weighted by molar-refractivity contribution is 0.199. The van der Waals surface area contributed by atoms with Crippen LogP contribution in [0.5, 0.6) is 0 Å². The van der Waals surface area contributed by atoms with E-state index in [0.29, 0.717) is 0 Å². The fourth-order valence-corrected chi connectivity index (χ4v) is 4.74. The Morgan fingerprint density at radius 2 is 1.93 bits per heavy atom. The number of hydrogen-bond donors (Lipinski definition) is 1. The molecule has 6 atom stereocenters. The van der Waals surface area contributed by atoms with Crippen molar-refractivity contribution < 1.29 is 0 Å². The van der Waals surface area contributed by atoms with Crippen molar-refractivity contribution in [2.45, 2.75) is 64.5 Å². The van der Waals surface area contributed by atoms with Crippen molar-refractivity contribution in [2.24, 2.45) is 23.7 Å². The normalized spacial score (nSPS) is 49.6. The molecule has 0 spiro atoms. The Bertz CT molecular complexity index is 237. The second kappa shape index (κ2) is 3.76. The van der Waals surface area contributed by atoms with Crippen LogP contribution in [-0.2, 0) is 0 Å². The molecule has 0 unspecified atom stereocenters. The van der Waals surface area contributed by atoms with Gasteiger partial charge < -0.3 is 5.32 Å². The standard InChI is InChI=1S/C14H25N/c1-3-9(2)15-14-8-10-7-13(14)12-6-4-5-11(10)12/h9-15H,3-8H2,1-2H3/t9-,10+,11-,12+,13-,14+/m1/s1. The first kappa shape index (κ1) is 10.1. The first-order valence-corrected chi connectivity index (χ1v) is 7.05. The highest BCUT2D eigenvalue weighted by Crippen LogP contribution is 2.58. The van der Waals surface area contributed by atoms with Gasteiger partial charge >= 0.3 is 0 Å². The molecule has 3 fully saturated rings. The van der Waals surface area contributed by atoms with Gasteiger partial charge in [-0.2, -0.15) is 0 Å². The topological polar surface area (TPSA) is 12.0 Å². The van der Waals surface area contributed by atoms with E-state index in [4.69, 9.17) is 0 Å². The molecule has 15 heavy (non-hydrogen) atoms. The third-order valence-electron chi connectivity index (χ3n) is 5.54. The van der Waals surface area contributed by atoms with Gasteiger partial charge in [-0.1, -0.05) is 13.3 Å². The second-order valence-electron chi connectivity index (χ2n) is 6.24. The summed E-state index contributed by atoms with van der Waals surface area (Å²) in [6.07, 6.45) is 8.96. The molecule has 0 radical (unpaired) electrons. The number of rotatable bonds is 3. The number of hydrogen-bond acceptors (Lipinski definition) is 1. The molecule has 3 saturated carbocycles. The van der Waals surface area contributed by atoms with E-state index in [9.17, 15) is 0 Å². The van der Waals surface area contributed by atoms with Gasteiger partial charge in [0.05, 0.1) is 0 Å². The van der Waals surface area contributed by atoms with Crippen LogP contribution in [0.2, 0.25) is 0 Å². The van der Waals surface area contributed by atoms with Crippen LogP contribution in [0, 0.1) is 23.7 Å². The Morgan fingerprint density at radius 1 is 1.13 bits per heavy atom. The minimum Gasteiger partial charge on any atom is -0.311 e. The quantitative estimate of drug-likeness (QED) is 0.749. The molecule has 0 heterocycles. The Hall–Kier alpha value is -0.0400. The largest absolute Gasteiger partial charge is 0.311 e. The molecule has 86 valence electrons. The van der Waals surface area contributed by atoms with E-state index in [2.05, 4.69) is 19.2 Å². The molecule has 2 bridgehead atoms. The van der Waals surface area contributed by atoms with Gasteiger partial charge in [0, 0.05) is 12.1 Å². The highest BCUT2D eigenvalue weighted by Gasteiger charge is 2.53. The molecule has 1 nitrogen and oxygen atoms in total. The summed E-state index contributed by atoms with van der Waals surface area (Å²) < 4.78 is 0. The average molecular weight is 207 g/mol. The van der Waals surface area contributed by atoms with Crippen molar-refractivity contribution in [3.8, 4) is 0 Å². The van der Waals surface area contributed by atoms with Crippen molar-refractivity contribution >= 4 is 0 Å². The molecule has 1 heteroatoms. The average Bonchev–Trinajstić information content (AvgIpc) is 2.87. The van der Waals surface area contributed by atoms with Crippen LogP contribution in [0.4, 0.5) is 0 Å². The van der Waals surface area contributed by atoms with Gasteiger partial charge in [-0.25, -0.2) is 0 Å². The van der Waals surface area contributed by atoms with Gasteiger partial charge in [0.25, 0.3) is 0 Å². The Labute approximate surface area is 94.0 Å². The molecule has 3 rings (SSSR count). The highest BCUT2D eigenvalue weighted by molar-refractivity contribution is 5.05. The van der Waals surface area contributed by atoms with Gasteiger partial charge in [-0.05, 0) is 62.7 Å². The van der Waals surface area contributed by atoms with Crippen LogP contribution >= 0.6 is 0 Å². The van der Waals surface area contributed by atoms with E-state index in [-0.39, 0.29) is 0 Å². The zero-order valence-corrected chi connectivity index (χ0v) is 10.2. The van der Waals surface area contributed by atoms with Crippen molar-refractivity contribution in [2.75, 3.05) is 0 Å². The highest BCUT2D eigenvalue weighted by atomic mass is 15.0. The molecule has 0 amide bonds. The van der Waals surface area contributed by atoms with E-state index in [1.165, 1.54) is 19.3 Å². The predicted octanol–water partition coefficient (Wildman–Crippen LogP) is 3.20. The first-order chi connectivity index (χ1) is 7.29. The van der Waals surface area contributed by atoms with E-state index >= 15 is 0 Å². The fourth-order valence-electron chi connectivity index (χ4n) is 4.74. The Morgan fingerprint density at radius 3 is 2.73 bits per heavy atom. The third-order valence-corrected chi connectivity index (χ3v) is 5.54. The molecular formula is C14H25N. The summed E-state index contributed by atoms with van der Waals surface area (Å²) in [4.78, 5) is 0. The molecule has 3 aliphatic rings. The maximum Gasteiger partial charge on any atom is 0.0103 e. The summed E-state index contributed by atoms with van der Waals surface area (Å²) in [5.74, 6) is 4.41. The van der Waals surface area contributed by atoms with Crippen LogP contribution in [0.15, 0.2) is 0 Å². The van der Waals surface area contributed by atoms with Crippen LogP contribution in [0.25, 0.3) is 0 Å². The van der Waals surface area contributed by atoms with Crippen LogP contribution in [-0.4, -0.2) is 12.1 Å². The summed E-state index contributed by atoms with van der Waals surface area (Å²) in [6, 6.07) is 1.61. The first-order valence-electron chi connectivity index (χ1n) is 7.05. The van der Waals surface area contributed by atoms with Crippen molar-refractivity contribution in [1.29, 1.82) is 0 Å². The second-order valence-corrected chi connectivity index (χ2v) is 6.24. The lowest BCUT2D eigenvalue weighted by atomic mass is 9.79. The zero-order chi connectivity index (χ0) is 10.4. The summed E-state index contributed by atoms with van der Waals surface area (Å²) in [5.41, 5.74) is 0. The van der Waals surface area contributed by atoms with Gasteiger partial charge in [-0.15, -0.1) is 0 Å². The van der Waals surface area contributed by atoms with Gasteiger partial charge in [0.2, 0.25) is 0 Å². The van der Waals surface area contributed by atoms with Gasteiger partial charge in [0.15, 0.2) is 0 Å². The van der Waals surface area contributed by atoms with Crippen LogP contribution in [0.1, 0.15) is 52.4 Å². The smallest absolute Gasteiger partial charge is 0.0103 e. The minimum atomic E-state index is 0.731. The number of fused-ring (bicyclic) bond motifs is 5. The molecule has 0 aromatic carbocycles. The molecule has 0 aromatic heterocycles. The Balaban J connectivity index is 1.65. The summed E-state index contributed by atoms with van der Waals surface area (Å²) >= 11 is 0. The van der Waals surface area contributed by atoms with Crippen LogP contribution < -0.4 is 5.32 Å². The predicted molar refractivity (Wildman–Crippen MR) is 63.7 cm³/mol. The fraction of sp³-hybridized carbons (Fsp3) is 1.00. The van der Waals surface area contributed by atoms with E-state index in [1.54, 1.807) is 19.3 Å². The molecular weight excluding hydrogens is 182 g/mol. The molecule has 1 N–H and O–H groups in total. The van der Waals surface area contributed by atoms with Gasteiger partial charge in [-0.3, -0.25) is 0 Å². The maximum absolute atomic E-state index is 3.87. The van der Waals surface area contributed by atoms with Crippen molar-refractivity contribution in [3.05, 3.63) is 0 Å². The van der Waals surface area contributed by atoms with E-state index in [1.807, 2.05) is 0 Å². The SMILES string of the molecule is CC[C@@H](C)N[C@H]1C[C@@H]2C[C@@H]1[C@H]1CCC[C@H]21. The lowest BCUT2D eigenvalue weighted by Crippen LogP contribution is -2.43. The summed E-state index contributed by atoms with van der Waals surface area (Å²) in [6.45, 7) is 4.64. The molecule has 0 aromatic rings. The minimum absolute atomic E-state index is 0.731. The number of nitrogens with one attached hydrogen (secondary N) is 1. The summed E-state index contributed by atoms with van der Waals surface area (Å²) in [7, 11) is 0. The third kappa shape index (κ3) is 1.54. The van der Waals surface area contributed by atoms with Crippen molar-refractivity contribution in [3.63, 3.8) is 0 Å². The van der Waals surface area contributed by atoms with Gasteiger partial charge in [0.1, 0.15) is 0 Å². The van der Waals surface area contributed by atoms with E-state index in [0.717, 1.165) is 35.8 Å². The Kier molecular flexibility index (Phi) is 2.54. The van der Waals surface area contributed by atoms with Crippen molar-refractivity contribution in [1.82, 2.24) is 5.32 Å². The summed E-state index contributed by atoms with van der Waals surface area (Å²) in [5, 5.41) is 3.87. The van der Waals surface area contributed by atoms with Crippen LogP contribution in [0.3, 0.4) is 0 Å². The maximum atomic E-state index is 3.87. The zero-order valence-electron chi connectivity index (χ0n) is 10.2. The van der Waals surface area contributed by atoms with E-state index < -0.39 is 0 Å².